The van der Waals surface area contributed by atoms with Gasteiger partial charge in [-0.25, -0.2) is 0 Å². The summed E-state index contributed by atoms with van der Waals surface area (Å²) < 4.78 is 1.98. The maximum atomic E-state index is 3.60. The Labute approximate surface area is 61.4 Å². The molecule has 0 aromatic carbocycles. The van der Waals surface area contributed by atoms with Crippen molar-refractivity contribution in [3.8, 4) is 0 Å². The first-order valence-corrected chi connectivity index (χ1v) is 3.82. The van der Waals surface area contributed by atoms with Crippen LogP contribution in [0.15, 0.2) is 6.58 Å². The average Bonchev–Trinajstić information content (AvgIpc) is 2.57. The molecule has 1 heterocycles. The Kier molecular flexibility index (Phi) is 1.12. The lowest BCUT2D eigenvalue weighted by Gasteiger charge is -2.10. The highest BCUT2D eigenvalue weighted by molar-refractivity contribution is 5.39. The Hall–Kier alpha value is -0.750. The highest BCUT2D eigenvalue weighted by Crippen LogP contribution is 2.44. The first kappa shape index (κ1) is 5.99. The van der Waals surface area contributed by atoms with E-state index < -0.39 is 0 Å². The molecule has 2 heteroatoms. The van der Waals surface area contributed by atoms with E-state index in [4.69, 9.17) is 0 Å². The molecule has 54 valence electrons. The van der Waals surface area contributed by atoms with Crippen LogP contribution in [0.4, 0.5) is 0 Å². The zero-order valence-electron chi connectivity index (χ0n) is 6.38. The first-order chi connectivity index (χ1) is 4.81. The molecule has 0 amide bonds. The van der Waals surface area contributed by atoms with Crippen LogP contribution in [0, 0.1) is 11.8 Å². The summed E-state index contributed by atoms with van der Waals surface area (Å²) in [5.74, 6) is 4.85. The van der Waals surface area contributed by atoms with Gasteiger partial charge in [-0.15, -0.1) is 0 Å². The summed E-state index contributed by atoms with van der Waals surface area (Å²) in [5, 5.41) is 2.31. The van der Waals surface area contributed by atoms with Gasteiger partial charge in [0.05, 0.1) is 13.1 Å². The molecule has 0 aromatic heterocycles. The van der Waals surface area contributed by atoms with Crippen molar-refractivity contribution in [1.82, 2.24) is 5.01 Å². The summed E-state index contributed by atoms with van der Waals surface area (Å²) in [7, 11) is 2.01. The van der Waals surface area contributed by atoms with Crippen molar-refractivity contribution in [2.24, 2.45) is 11.8 Å². The molecule has 1 saturated heterocycles. The molecule has 1 aliphatic heterocycles. The molecular weight excluding hydrogens is 124 g/mol. The van der Waals surface area contributed by atoms with Gasteiger partial charge in [0.2, 0.25) is 0 Å². The van der Waals surface area contributed by atoms with E-state index in [1.165, 1.54) is 19.5 Å². The molecular formula is C8H13N2+. The summed E-state index contributed by atoms with van der Waals surface area (Å²) in [6.07, 6.45) is 1.46. The molecule has 10 heavy (non-hydrogen) atoms. The van der Waals surface area contributed by atoms with E-state index in [0.717, 1.165) is 11.8 Å². The number of hydrazone groups is 1. The van der Waals surface area contributed by atoms with Gasteiger partial charge in [0.25, 0.3) is 0 Å². The Morgan fingerprint density at radius 2 is 2.10 bits per heavy atom. The van der Waals surface area contributed by atoms with Crippen LogP contribution in [0.5, 0.6) is 0 Å². The molecule has 1 aliphatic carbocycles. The Morgan fingerprint density at radius 3 is 2.60 bits per heavy atom. The maximum absolute atomic E-state index is 3.60. The highest BCUT2D eigenvalue weighted by atomic mass is 15.6. The monoisotopic (exact) mass is 137 g/mol. The van der Waals surface area contributed by atoms with E-state index in [1.807, 2.05) is 11.7 Å². The molecule has 2 aliphatic rings. The summed E-state index contributed by atoms with van der Waals surface area (Å²) in [4.78, 5) is 0. The van der Waals surface area contributed by atoms with Crippen LogP contribution in [0.1, 0.15) is 6.42 Å². The number of hydrogen-bond acceptors (Lipinski definition) is 1. The molecule has 2 fully saturated rings. The van der Waals surface area contributed by atoms with Crippen molar-refractivity contribution >= 4 is 5.87 Å². The Morgan fingerprint density at radius 1 is 1.50 bits per heavy atom. The van der Waals surface area contributed by atoms with E-state index in [0.29, 0.717) is 0 Å². The normalized spacial score (nSPS) is 35.1. The average molecular weight is 137 g/mol. The van der Waals surface area contributed by atoms with Crippen molar-refractivity contribution < 1.29 is 4.68 Å². The third-order valence-corrected chi connectivity index (χ3v) is 2.61. The van der Waals surface area contributed by atoms with E-state index in [1.54, 1.807) is 0 Å². The van der Waals surface area contributed by atoms with Crippen LogP contribution in [-0.2, 0) is 0 Å². The van der Waals surface area contributed by atoms with Gasteiger partial charge >= 0.3 is 0 Å². The van der Waals surface area contributed by atoms with E-state index in [-0.39, 0.29) is 0 Å². The minimum absolute atomic E-state index is 0.996. The van der Waals surface area contributed by atoms with Crippen LogP contribution >= 0.6 is 0 Å². The predicted octanol–water partition coefficient (Wildman–Crippen LogP) is 0.351. The molecule has 2 unspecified atom stereocenters. The molecule has 2 atom stereocenters. The predicted molar refractivity (Wildman–Crippen MR) is 40.0 cm³/mol. The van der Waals surface area contributed by atoms with Gasteiger partial charge in [-0.05, 0) is 18.3 Å². The largest absolute Gasteiger partial charge is 0.190 e. The number of hydrogen-bond donors (Lipinski definition) is 0. The lowest BCUT2D eigenvalue weighted by atomic mass is 10.4. The minimum atomic E-state index is 0.996. The first-order valence-electron chi connectivity index (χ1n) is 3.82. The van der Waals surface area contributed by atoms with Gasteiger partial charge in [-0.1, -0.05) is 4.68 Å². The lowest BCUT2D eigenvalue weighted by molar-refractivity contribution is -0.660. The molecule has 0 radical (unpaired) electrons. The Bertz CT molecular complexity index is 193. The fourth-order valence-corrected chi connectivity index (χ4v) is 1.72. The number of fused-ring (bicyclic) bond motifs is 1. The highest BCUT2D eigenvalue weighted by Gasteiger charge is 2.48. The SMILES string of the molecule is C=C=[N+](C)N1CC2CC2C1. The third-order valence-electron chi connectivity index (χ3n) is 2.61. The quantitative estimate of drug-likeness (QED) is 0.373. The maximum Gasteiger partial charge on any atom is 0.190 e. The topological polar surface area (TPSA) is 6.25 Å². The number of hydrazine groups is 1. The molecule has 1 saturated carbocycles. The minimum Gasteiger partial charge on any atom is -0.177 e. The van der Waals surface area contributed by atoms with Gasteiger partial charge in [-0.3, -0.25) is 0 Å². The smallest absolute Gasteiger partial charge is 0.177 e. The van der Waals surface area contributed by atoms with E-state index in [2.05, 4.69) is 17.5 Å². The second-order valence-corrected chi connectivity index (χ2v) is 3.31. The lowest BCUT2D eigenvalue weighted by Crippen LogP contribution is -2.31. The van der Waals surface area contributed by atoms with Crippen LogP contribution in [0.2, 0.25) is 0 Å². The summed E-state index contributed by atoms with van der Waals surface area (Å²) in [5.41, 5.74) is 0. The molecule has 0 aromatic rings. The second-order valence-electron chi connectivity index (χ2n) is 3.31. The summed E-state index contributed by atoms with van der Waals surface area (Å²) in [6, 6.07) is 0. The van der Waals surface area contributed by atoms with Crippen LogP contribution in [0.3, 0.4) is 0 Å². The number of piperidine rings is 1. The van der Waals surface area contributed by atoms with Crippen molar-refractivity contribution in [3.63, 3.8) is 0 Å². The van der Waals surface area contributed by atoms with Gasteiger partial charge in [0.1, 0.15) is 0 Å². The van der Waals surface area contributed by atoms with E-state index in [9.17, 15) is 0 Å². The number of rotatable bonds is 1. The molecule has 0 N–H and O–H groups in total. The molecule has 2 rings (SSSR count). The fraction of sp³-hybridized carbons (Fsp3) is 0.750. The van der Waals surface area contributed by atoms with Gasteiger partial charge in [0.15, 0.2) is 12.9 Å². The summed E-state index contributed by atoms with van der Waals surface area (Å²) in [6.45, 7) is 6.06. The van der Waals surface area contributed by atoms with Crippen molar-refractivity contribution in [2.45, 2.75) is 6.42 Å². The second kappa shape index (κ2) is 1.86. The third kappa shape index (κ3) is 0.764. The molecule has 2 nitrogen and oxygen atoms in total. The van der Waals surface area contributed by atoms with Crippen molar-refractivity contribution in [2.75, 3.05) is 20.1 Å². The van der Waals surface area contributed by atoms with Crippen molar-refractivity contribution in [1.29, 1.82) is 0 Å². The van der Waals surface area contributed by atoms with Crippen LogP contribution in [0.25, 0.3) is 0 Å². The number of nitrogens with zero attached hydrogens (tertiary/aromatic N) is 2. The molecule has 0 spiro atoms. The summed E-state index contributed by atoms with van der Waals surface area (Å²) >= 11 is 0. The Balaban J connectivity index is 2.03. The van der Waals surface area contributed by atoms with Gasteiger partial charge < -0.3 is 0 Å². The van der Waals surface area contributed by atoms with Crippen molar-refractivity contribution in [3.05, 3.63) is 6.58 Å². The zero-order chi connectivity index (χ0) is 7.14. The zero-order valence-corrected chi connectivity index (χ0v) is 6.38. The standard InChI is InChI=1S/C8H13N2/c1-3-9(2)10-5-7-4-8(7)6-10/h7-8H,1,4-6H2,2H3/q+1. The van der Waals surface area contributed by atoms with Crippen LogP contribution in [-0.4, -0.2) is 35.7 Å². The van der Waals surface area contributed by atoms with Crippen LogP contribution < -0.4 is 0 Å². The van der Waals surface area contributed by atoms with Gasteiger partial charge in [-0.2, -0.15) is 5.01 Å². The fourth-order valence-electron chi connectivity index (χ4n) is 1.72. The van der Waals surface area contributed by atoms with Gasteiger partial charge in [0, 0.05) is 6.58 Å². The molecule has 0 bridgehead atoms. The van der Waals surface area contributed by atoms with E-state index >= 15 is 0 Å².